The van der Waals surface area contributed by atoms with Crippen molar-refractivity contribution in [2.75, 3.05) is 4.90 Å². The molecule has 0 amide bonds. The van der Waals surface area contributed by atoms with Gasteiger partial charge in [0.15, 0.2) is 0 Å². The van der Waals surface area contributed by atoms with Gasteiger partial charge in [0.05, 0.1) is 11.1 Å². The highest BCUT2D eigenvalue weighted by molar-refractivity contribution is 7.26. The van der Waals surface area contributed by atoms with Crippen LogP contribution in [0.25, 0.3) is 97.7 Å². The summed E-state index contributed by atoms with van der Waals surface area (Å²) >= 11 is 1.88. The molecule has 0 saturated carbocycles. The SMILES string of the molecule is c1ccc(-c2ccc(N(c3ccc(-c4ccc(-c5cccc6ccccc56)cc4)cc3)c3cccc(-c4ccc5c(c4)C4(c6ccccc6-c6ccccc64)c4ccccc4-5)c3)c3c2sc2ccccc23)cc1. The minimum Gasteiger partial charge on any atom is -0.310 e. The van der Waals surface area contributed by atoms with E-state index in [1.54, 1.807) is 0 Å². The second-order valence-electron chi connectivity index (χ2n) is 19.5. The van der Waals surface area contributed by atoms with Gasteiger partial charge in [-0.1, -0.05) is 231 Å². The van der Waals surface area contributed by atoms with E-state index in [-0.39, 0.29) is 0 Å². The Morgan fingerprint density at radius 2 is 0.781 bits per heavy atom. The molecule has 1 aromatic heterocycles. The monoisotopic (exact) mass is 943 g/mol. The Hall–Kier alpha value is -9.08. The zero-order valence-corrected chi connectivity index (χ0v) is 40.7. The molecule has 1 spiro atoms. The molecule has 0 atom stereocenters. The minimum atomic E-state index is -0.414. The lowest BCUT2D eigenvalue weighted by atomic mass is 9.70. The quantitative estimate of drug-likeness (QED) is 0.154. The number of benzene rings is 12. The van der Waals surface area contributed by atoms with Crippen LogP contribution in [0, 0.1) is 0 Å². The molecular formula is C71H45NS. The molecule has 12 aromatic carbocycles. The van der Waals surface area contributed by atoms with E-state index in [4.69, 9.17) is 0 Å². The van der Waals surface area contributed by atoms with Gasteiger partial charge in [-0.3, -0.25) is 0 Å². The number of rotatable bonds is 7. The Kier molecular flexibility index (Phi) is 9.42. The van der Waals surface area contributed by atoms with Crippen molar-refractivity contribution in [3.05, 3.63) is 295 Å². The van der Waals surface area contributed by atoms with Crippen molar-refractivity contribution in [3.8, 4) is 66.8 Å². The van der Waals surface area contributed by atoms with Crippen LogP contribution in [0.15, 0.2) is 273 Å². The number of nitrogens with zero attached hydrogens (tertiary/aromatic N) is 1. The molecule has 2 heteroatoms. The van der Waals surface area contributed by atoms with Crippen LogP contribution in [0.1, 0.15) is 22.3 Å². The van der Waals surface area contributed by atoms with E-state index in [2.05, 4.69) is 278 Å². The van der Waals surface area contributed by atoms with Crippen molar-refractivity contribution in [1.82, 2.24) is 0 Å². The number of hydrogen-bond acceptors (Lipinski definition) is 2. The normalized spacial score (nSPS) is 12.8. The molecule has 2 aliphatic rings. The summed E-state index contributed by atoms with van der Waals surface area (Å²) in [4.78, 5) is 2.49. The highest BCUT2D eigenvalue weighted by Gasteiger charge is 2.51. The van der Waals surface area contributed by atoms with Crippen molar-refractivity contribution in [2.45, 2.75) is 5.41 Å². The summed E-state index contributed by atoms with van der Waals surface area (Å²) in [5.41, 5.74) is 23.3. The molecule has 0 fully saturated rings. The molecule has 1 nitrogen and oxygen atoms in total. The number of thiophene rings is 1. The van der Waals surface area contributed by atoms with E-state index < -0.39 is 5.41 Å². The summed E-state index contributed by atoms with van der Waals surface area (Å²) in [6.07, 6.45) is 0. The second kappa shape index (κ2) is 16.5. The first-order valence-corrected chi connectivity index (χ1v) is 26.0. The Bertz CT molecular complexity index is 4250. The average molecular weight is 944 g/mol. The zero-order chi connectivity index (χ0) is 48.0. The van der Waals surface area contributed by atoms with E-state index in [0.717, 1.165) is 17.1 Å². The lowest BCUT2D eigenvalue weighted by Gasteiger charge is -2.31. The van der Waals surface area contributed by atoms with Gasteiger partial charge >= 0.3 is 0 Å². The third kappa shape index (κ3) is 6.34. The fraction of sp³-hybridized carbons (Fsp3) is 0.0141. The molecule has 0 radical (unpaired) electrons. The lowest BCUT2D eigenvalue weighted by Crippen LogP contribution is -2.25. The standard InChI is InChI=1S/C71H45NS/c1-2-16-49(17-3-1)57-42-43-67(69-62-26-9-13-31-68(62)73-70(57)69)72(53-39-36-47(37-40-53)46-32-34-50(35-33-46)56-27-15-19-48-18-4-5-22-55(48)56)54-21-14-20-51(44-54)52-38-41-61-60-25-8-12-30-65(60)71(66(61)45-52)63-28-10-6-23-58(63)59-24-7-11-29-64(59)71/h1-45H. The van der Waals surface area contributed by atoms with Crippen molar-refractivity contribution < 1.29 is 0 Å². The Balaban J connectivity index is 0.890. The first-order chi connectivity index (χ1) is 36.2. The Morgan fingerprint density at radius 1 is 0.288 bits per heavy atom. The number of anilines is 3. The summed E-state index contributed by atoms with van der Waals surface area (Å²) < 4.78 is 2.57. The molecule has 0 saturated heterocycles. The Labute approximate surface area is 429 Å². The van der Waals surface area contributed by atoms with Gasteiger partial charge in [0.1, 0.15) is 0 Å². The van der Waals surface area contributed by atoms with Crippen LogP contribution in [-0.2, 0) is 5.41 Å². The highest BCUT2D eigenvalue weighted by atomic mass is 32.1. The molecule has 1 heterocycles. The Morgan fingerprint density at radius 3 is 1.51 bits per heavy atom. The van der Waals surface area contributed by atoms with Gasteiger partial charge in [0.25, 0.3) is 0 Å². The van der Waals surface area contributed by atoms with Crippen LogP contribution < -0.4 is 4.90 Å². The maximum Gasteiger partial charge on any atom is 0.0725 e. The largest absolute Gasteiger partial charge is 0.310 e. The van der Waals surface area contributed by atoms with Gasteiger partial charge in [-0.15, -0.1) is 11.3 Å². The topological polar surface area (TPSA) is 3.24 Å². The maximum atomic E-state index is 2.50. The summed E-state index contributed by atoms with van der Waals surface area (Å²) in [6, 6.07) is 101. The van der Waals surface area contributed by atoms with Crippen LogP contribution in [-0.4, -0.2) is 0 Å². The minimum absolute atomic E-state index is 0.414. The van der Waals surface area contributed by atoms with E-state index in [1.807, 2.05) is 11.3 Å². The average Bonchev–Trinajstić information content (AvgIpc) is 4.11. The van der Waals surface area contributed by atoms with Crippen LogP contribution in [0.3, 0.4) is 0 Å². The molecule has 2 aliphatic carbocycles. The summed E-state index contributed by atoms with van der Waals surface area (Å²) in [6.45, 7) is 0. The van der Waals surface area contributed by atoms with Crippen molar-refractivity contribution in [3.63, 3.8) is 0 Å². The molecule has 0 N–H and O–H groups in total. The molecule has 15 rings (SSSR count). The van der Waals surface area contributed by atoms with Gasteiger partial charge in [-0.05, 0) is 142 Å². The maximum absolute atomic E-state index is 2.50. The van der Waals surface area contributed by atoms with E-state index in [1.165, 1.54) is 120 Å². The van der Waals surface area contributed by atoms with Crippen molar-refractivity contribution >= 4 is 59.3 Å². The third-order valence-electron chi connectivity index (χ3n) is 15.7. The highest BCUT2D eigenvalue weighted by Crippen LogP contribution is 2.63. The number of fused-ring (bicyclic) bond motifs is 14. The van der Waals surface area contributed by atoms with Gasteiger partial charge in [0.2, 0.25) is 0 Å². The first kappa shape index (κ1) is 41.7. The van der Waals surface area contributed by atoms with Crippen molar-refractivity contribution in [1.29, 1.82) is 0 Å². The van der Waals surface area contributed by atoms with E-state index >= 15 is 0 Å². The first-order valence-electron chi connectivity index (χ1n) is 25.2. The predicted octanol–water partition coefficient (Wildman–Crippen LogP) is 19.7. The molecule has 13 aromatic rings. The fourth-order valence-corrected chi connectivity index (χ4v) is 13.7. The fourth-order valence-electron chi connectivity index (χ4n) is 12.5. The molecule has 0 unspecified atom stereocenters. The molecule has 0 aliphatic heterocycles. The predicted molar refractivity (Wildman–Crippen MR) is 310 cm³/mol. The lowest BCUT2D eigenvalue weighted by molar-refractivity contribution is 0.794. The third-order valence-corrected chi connectivity index (χ3v) is 16.9. The van der Waals surface area contributed by atoms with Crippen LogP contribution in [0.2, 0.25) is 0 Å². The molecule has 340 valence electrons. The van der Waals surface area contributed by atoms with Gasteiger partial charge in [0, 0.05) is 31.5 Å². The zero-order valence-electron chi connectivity index (χ0n) is 39.8. The molecule has 73 heavy (non-hydrogen) atoms. The van der Waals surface area contributed by atoms with Gasteiger partial charge in [-0.2, -0.15) is 0 Å². The van der Waals surface area contributed by atoms with E-state index in [9.17, 15) is 0 Å². The summed E-state index contributed by atoms with van der Waals surface area (Å²) in [5.74, 6) is 0. The van der Waals surface area contributed by atoms with Crippen LogP contribution in [0.4, 0.5) is 17.1 Å². The van der Waals surface area contributed by atoms with Crippen LogP contribution >= 0.6 is 11.3 Å². The van der Waals surface area contributed by atoms with Crippen molar-refractivity contribution in [2.24, 2.45) is 0 Å². The van der Waals surface area contributed by atoms with Gasteiger partial charge < -0.3 is 4.90 Å². The second-order valence-corrected chi connectivity index (χ2v) is 20.5. The van der Waals surface area contributed by atoms with E-state index in [0.29, 0.717) is 0 Å². The van der Waals surface area contributed by atoms with Gasteiger partial charge in [-0.25, -0.2) is 0 Å². The number of hydrogen-bond donors (Lipinski definition) is 0. The summed E-state index contributed by atoms with van der Waals surface area (Å²) in [5, 5.41) is 5.05. The van der Waals surface area contributed by atoms with Crippen LogP contribution in [0.5, 0.6) is 0 Å². The smallest absolute Gasteiger partial charge is 0.0725 e. The molecular weight excluding hydrogens is 899 g/mol. The molecule has 0 bridgehead atoms. The summed E-state index contributed by atoms with van der Waals surface area (Å²) in [7, 11) is 0.